The van der Waals surface area contributed by atoms with Gasteiger partial charge in [-0.1, -0.05) is 16.8 Å². The van der Waals surface area contributed by atoms with E-state index in [1.165, 1.54) is 0 Å². The number of hydrogen-bond acceptors (Lipinski definition) is 6. The first kappa shape index (κ1) is 17.7. The number of nitrogens with zero attached hydrogens (tertiary/aromatic N) is 4. The minimum absolute atomic E-state index is 0.0520. The van der Waals surface area contributed by atoms with Crippen molar-refractivity contribution in [3.8, 4) is 17.1 Å². The van der Waals surface area contributed by atoms with Crippen LogP contribution in [0.3, 0.4) is 0 Å². The second kappa shape index (κ2) is 7.50. The van der Waals surface area contributed by atoms with Gasteiger partial charge in [-0.15, -0.1) is 0 Å². The second-order valence-electron chi connectivity index (χ2n) is 6.32. The smallest absolute Gasteiger partial charge is 0.316 e. The van der Waals surface area contributed by atoms with Crippen molar-refractivity contribution in [3.05, 3.63) is 47.1 Å². The van der Waals surface area contributed by atoms with E-state index in [2.05, 4.69) is 20.6 Å². The number of carbonyl (C=O) groups is 1. The van der Waals surface area contributed by atoms with Crippen LogP contribution in [0.5, 0.6) is 0 Å². The van der Waals surface area contributed by atoms with Crippen molar-refractivity contribution in [2.75, 3.05) is 13.2 Å². The molecule has 0 aliphatic carbocycles. The normalized spacial score (nSPS) is 16.6. The number of rotatable bonds is 5. The van der Waals surface area contributed by atoms with Gasteiger partial charge in [0.05, 0.1) is 23.0 Å². The fourth-order valence-electron chi connectivity index (χ4n) is 2.92. The monoisotopic (exact) mass is 387 g/mol. The first-order chi connectivity index (χ1) is 13.1. The van der Waals surface area contributed by atoms with Crippen LogP contribution in [0.25, 0.3) is 17.1 Å². The minimum atomic E-state index is -0.410. The highest BCUT2D eigenvalue weighted by Gasteiger charge is 2.21. The molecule has 0 saturated carbocycles. The molecule has 4 rings (SSSR count). The van der Waals surface area contributed by atoms with E-state index in [0.29, 0.717) is 23.0 Å². The molecule has 1 amide bonds. The Morgan fingerprint density at radius 2 is 2.19 bits per heavy atom. The summed E-state index contributed by atoms with van der Waals surface area (Å²) in [6.45, 7) is 3.02. The molecular weight excluding hydrogens is 370 g/mol. The summed E-state index contributed by atoms with van der Waals surface area (Å²) < 4.78 is 12.3. The summed E-state index contributed by atoms with van der Waals surface area (Å²) in [5.74, 6) is -0.177. The molecule has 1 N–H and O–H groups in total. The predicted octanol–water partition coefficient (Wildman–Crippen LogP) is 2.79. The van der Waals surface area contributed by atoms with E-state index >= 15 is 0 Å². The zero-order valence-corrected chi connectivity index (χ0v) is 15.4. The highest BCUT2D eigenvalue weighted by molar-refractivity contribution is 6.30. The number of hydrogen-bond donors (Lipinski definition) is 1. The van der Waals surface area contributed by atoms with Gasteiger partial charge in [0, 0.05) is 24.4 Å². The quantitative estimate of drug-likeness (QED) is 0.723. The molecule has 0 radical (unpaired) electrons. The van der Waals surface area contributed by atoms with E-state index in [1.807, 2.05) is 19.1 Å². The van der Waals surface area contributed by atoms with Crippen molar-refractivity contribution in [2.24, 2.45) is 0 Å². The number of aromatic nitrogens is 4. The number of carbonyl (C=O) groups excluding carboxylic acids is 1. The zero-order valence-electron chi connectivity index (χ0n) is 14.7. The Hall–Kier alpha value is -2.71. The Morgan fingerprint density at radius 3 is 2.93 bits per heavy atom. The summed E-state index contributed by atoms with van der Waals surface area (Å²) in [6, 6.07) is 7.30. The average molecular weight is 388 g/mol. The van der Waals surface area contributed by atoms with Crippen LogP contribution in [0.1, 0.15) is 29.2 Å². The lowest BCUT2D eigenvalue weighted by atomic mass is 10.2. The molecule has 0 bridgehead atoms. The molecule has 140 valence electrons. The molecule has 1 atom stereocenters. The first-order valence-electron chi connectivity index (χ1n) is 8.66. The van der Waals surface area contributed by atoms with Crippen molar-refractivity contribution in [1.82, 2.24) is 25.2 Å². The molecule has 8 nitrogen and oxygen atoms in total. The third-order valence-corrected chi connectivity index (χ3v) is 4.62. The summed E-state index contributed by atoms with van der Waals surface area (Å²) in [5.41, 5.74) is 2.26. The van der Waals surface area contributed by atoms with E-state index in [9.17, 15) is 4.79 Å². The largest absolute Gasteiger partial charge is 0.376 e. The van der Waals surface area contributed by atoms with Crippen LogP contribution in [-0.2, 0) is 4.74 Å². The SMILES string of the molecule is Cc1nn(-c2ccc(Cl)cc2)cc1-c1noc(C(=O)NC[C@H]2CCCO2)n1. The summed E-state index contributed by atoms with van der Waals surface area (Å²) in [4.78, 5) is 16.4. The third-order valence-electron chi connectivity index (χ3n) is 4.37. The van der Waals surface area contributed by atoms with Crippen LogP contribution in [0.4, 0.5) is 0 Å². The van der Waals surface area contributed by atoms with E-state index in [-0.39, 0.29) is 12.0 Å². The summed E-state index contributed by atoms with van der Waals surface area (Å²) in [7, 11) is 0. The van der Waals surface area contributed by atoms with Crippen LogP contribution >= 0.6 is 11.6 Å². The van der Waals surface area contributed by atoms with Gasteiger partial charge in [-0.05, 0) is 44.0 Å². The number of amides is 1. The molecule has 3 aromatic rings. The van der Waals surface area contributed by atoms with E-state index in [1.54, 1.807) is 23.0 Å². The molecule has 1 aliphatic heterocycles. The molecule has 0 spiro atoms. The van der Waals surface area contributed by atoms with Crippen molar-refractivity contribution in [1.29, 1.82) is 0 Å². The Morgan fingerprint density at radius 1 is 1.37 bits per heavy atom. The number of benzene rings is 1. The van der Waals surface area contributed by atoms with Crippen LogP contribution in [0.2, 0.25) is 5.02 Å². The fourth-order valence-corrected chi connectivity index (χ4v) is 3.04. The maximum Gasteiger partial charge on any atom is 0.316 e. The Bertz CT molecular complexity index is 944. The fraction of sp³-hybridized carbons (Fsp3) is 0.333. The molecule has 3 heterocycles. The predicted molar refractivity (Wildman–Crippen MR) is 97.9 cm³/mol. The van der Waals surface area contributed by atoms with E-state index < -0.39 is 5.91 Å². The highest BCUT2D eigenvalue weighted by Crippen LogP contribution is 2.22. The molecule has 0 unspecified atom stereocenters. The summed E-state index contributed by atoms with van der Waals surface area (Å²) in [6.07, 6.45) is 3.80. The lowest BCUT2D eigenvalue weighted by Gasteiger charge is -2.08. The molecule has 1 saturated heterocycles. The van der Waals surface area contributed by atoms with Gasteiger partial charge >= 0.3 is 11.8 Å². The van der Waals surface area contributed by atoms with E-state index in [0.717, 1.165) is 30.8 Å². The summed E-state index contributed by atoms with van der Waals surface area (Å²) >= 11 is 5.92. The number of ether oxygens (including phenoxy) is 1. The van der Waals surface area contributed by atoms with Crippen molar-refractivity contribution in [2.45, 2.75) is 25.9 Å². The van der Waals surface area contributed by atoms with Gasteiger partial charge in [-0.2, -0.15) is 10.1 Å². The lowest BCUT2D eigenvalue weighted by Crippen LogP contribution is -2.31. The van der Waals surface area contributed by atoms with Crippen molar-refractivity contribution < 1.29 is 14.1 Å². The minimum Gasteiger partial charge on any atom is -0.376 e. The highest BCUT2D eigenvalue weighted by atomic mass is 35.5. The van der Waals surface area contributed by atoms with Gasteiger partial charge in [0.2, 0.25) is 5.82 Å². The van der Waals surface area contributed by atoms with Gasteiger partial charge in [0.1, 0.15) is 0 Å². The molecular formula is C18H18ClN5O3. The van der Waals surface area contributed by atoms with Crippen LogP contribution in [-0.4, -0.2) is 45.1 Å². The molecule has 2 aromatic heterocycles. The van der Waals surface area contributed by atoms with Crippen LogP contribution in [0, 0.1) is 6.92 Å². The van der Waals surface area contributed by atoms with Crippen LogP contribution in [0.15, 0.2) is 35.0 Å². The number of aryl methyl sites for hydroxylation is 1. The molecule has 9 heteroatoms. The third kappa shape index (κ3) is 3.86. The lowest BCUT2D eigenvalue weighted by molar-refractivity contribution is 0.0822. The Kier molecular flexibility index (Phi) is 4.91. The molecule has 1 aromatic carbocycles. The Balaban J connectivity index is 1.49. The maximum atomic E-state index is 12.2. The number of nitrogens with one attached hydrogen (secondary N) is 1. The van der Waals surface area contributed by atoms with Gasteiger partial charge in [-0.3, -0.25) is 4.79 Å². The van der Waals surface area contributed by atoms with Gasteiger partial charge in [0.15, 0.2) is 0 Å². The van der Waals surface area contributed by atoms with Crippen molar-refractivity contribution >= 4 is 17.5 Å². The number of halogens is 1. The standard InChI is InChI=1S/C18H18ClN5O3/c1-11-15(10-24(22-11)13-6-4-12(19)5-7-13)16-21-18(27-23-16)17(25)20-9-14-3-2-8-26-14/h4-7,10,14H,2-3,8-9H2,1H3,(H,20,25)/t14-/m1/s1. The van der Waals surface area contributed by atoms with Gasteiger partial charge in [0.25, 0.3) is 0 Å². The van der Waals surface area contributed by atoms with Gasteiger partial charge < -0.3 is 14.6 Å². The second-order valence-corrected chi connectivity index (χ2v) is 6.75. The first-order valence-corrected chi connectivity index (χ1v) is 9.04. The average Bonchev–Trinajstić information content (AvgIpc) is 3.41. The van der Waals surface area contributed by atoms with E-state index in [4.69, 9.17) is 20.9 Å². The van der Waals surface area contributed by atoms with Gasteiger partial charge in [-0.25, -0.2) is 4.68 Å². The molecule has 1 fully saturated rings. The Labute approximate surface area is 160 Å². The van der Waals surface area contributed by atoms with Crippen molar-refractivity contribution in [3.63, 3.8) is 0 Å². The van der Waals surface area contributed by atoms with Crippen LogP contribution < -0.4 is 5.32 Å². The summed E-state index contributed by atoms with van der Waals surface area (Å²) in [5, 5.41) is 11.8. The molecule has 27 heavy (non-hydrogen) atoms. The zero-order chi connectivity index (χ0) is 18.8. The molecule has 1 aliphatic rings. The topological polar surface area (TPSA) is 95.1 Å². The maximum absolute atomic E-state index is 12.2.